The molecule has 0 bridgehead atoms. The Morgan fingerprint density at radius 3 is 2.67 bits per heavy atom. The Balaban J connectivity index is 0.00000112. The van der Waals surface area contributed by atoms with Crippen molar-refractivity contribution < 1.29 is 9.53 Å². The van der Waals surface area contributed by atoms with Gasteiger partial charge in [0.2, 0.25) is 0 Å². The van der Waals surface area contributed by atoms with Crippen molar-refractivity contribution in [1.82, 2.24) is 5.32 Å². The second kappa shape index (κ2) is 5.14. The molecule has 1 aliphatic rings. The van der Waals surface area contributed by atoms with E-state index in [2.05, 4.69) is 5.32 Å². The number of benzene rings is 1. The average molecular weight is 228 g/mol. The summed E-state index contributed by atoms with van der Waals surface area (Å²) in [7, 11) is 1.41. The molecule has 0 aliphatic carbocycles. The van der Waals surface area contributed by atoms with E-state index in [1.54, 1.807) is 6.07 Å². The Labute approximate surface area is 95.2 Å². The maximum absolute atomic E-state index is 11.4. The summed E-state index contributed by atoms with van der Waals surface area (Å²) in [6, 6.07) is 7.91. The summed E-state index contributed by atoms with van der Waals surface area (Å²) in [5.41, 5.74) is 1.72. The third kappa shape index (κ3) is 2.30. The molecule has 0 amide bonds. The molecule has 1 saturated heterocycles. The molecule has 1 fully saturated rings. The molecule has 0 unspecified atom stereocenters. The minimum atomic E-state index is -0.255. The summed E-state index contributed by atoms with van der Waals surface area (Å²) in [6.45, 7) is 1.03. The van der Waals surface area contributed by atoms with Crippen molar-refractivity contribution in [2.24, 2.45) is 0 Å². The van der Waals surface area contributed by atoms with Crippen LogP contribution in [0.2, 0.25) is 0 Å². The average Bonchev–Trinajstić information content (AvgIpc) is 2.15. The van der Waals surface area contributed by atoms with E-state index in [1.165, 1.54) is 7.11 Å². The van der Waals surface area contributed by atoms with Crippen molar-refractivity contribution in [2.75, 3.05) is 13.7 Å². The van der Waals surface area contributed by atoms with Gasteiger partial charge in [0.05, 0.1) is 12.7 Å². The maximum atomic E-state index is 11.4. The van der Waals surface area contributed by atoms with Crippen molar-refractivity contribution in [2.45, 2.75) is 12.5 Å². The molecule has 0 saturated carbocycles. The number of hydrogen-bond acceptors (Lipinski definition) is 3. The number of rotatable bonds is 2. The standard InChI is InChI=1S/C11H13NO2.ClH/c1-14-11(13)9-5-3-2-4-8(9)10-6-7-12-10;/h2-5,10,12H,6-7H2,1H3;1H/t10-;/m0./s1. The molecule has 15 heavy (non-hydrogen) atoms. The Morgan fingerprint density at radius 1 is 1.47 bits per heavy atom. The lowest BCUT2D eigenvalue weighted by atomic mass is 9.93. The van der Waals surface area contributed by atoms with Crippen LogP contribution >= 0.6 is 12.4 Å². The van der Waals surface area contributed by atoms with Crippen LogP contribution < -0.4 is 5.32 Å². The van der Waals surface area contributed by atoms with Crippen molar-refractivity contribution in [3.63, 3.8) is 0 Å². The molecule has 1 aromatic carbocycles. The van der Waals surface area contributed by atoms with Gasteiger partial charge >= 0.3 is 5.97 Å². The van der Waals surface area contributed by atoms with Crippen molar-refractivity contribution >= 4 is 18.4 Å². The smallest absolute Gasteiger partial charge is 0.338 e. The lowest BCUT2D eigenvalue weighted by molar-refractivity contribution is 0.0598. The van der Waals surface area contributed by atoms with E-state index >= 15 is 0 Å². The van der Waals surface area contributed by atoms with Crippen LogP contribution in [0, 0.1) is 0 Å². The highest BCUT2D eigenvalue weighted by atomic mass is 35.5. The van der Waals surface area contributed by atoms with Gasteiger partial charge in [-0.3, -0.25) is 0 Å². The third-order valence-corrected chi connectivity index (χ3v) is 2.57. The number of nitrogens with one attached hydrogen (secondary N) is 1. The SMILES string of the molecule is COC(=O)c1ccccc1[C@@H]1CCN1.Cl. The molecule has 3 nitrogen and oxygen atoms in total. The number of esters is 1. The number of ether oxygens (including phenoxy) is 1. The first kappa shape index (κ1) is 12.0. The number of carbonyl (C=O) groups excluding carboxylic acids is 1. The third-order valence-electron chi connectivity index (χ3n) is 2.57. The predicted molar refractivity (Wildman–Crippen MR) is 60.4 cm³/mol. The first-order chi connectivity index (χ1) is 6.83. The molecule has 4 heteroatoms. The van der Waals surface area contributed by atoms with Gasteiger partial charge in [0.25, 0.3) is 0 Å². The van der Waals surface area contributed by atoms with Gasteiger partial charge in [0.15, 0.2) is 0 Å². The highest BCUT2D eigenvalue weighted by molar-refractivity contribution is 5.91. The van der Waals surface area contributed by atoms with Gasteiger partial charge in [0.1, 0.15) is 0 Å². The zero-order valence-electron chi connectivity index (χ0n) is 8.53. The van der Waals surface area contributed by atoms with Gasteiger partial charge in [-0.25, -0.2) is 4.79 Å². The fourth-order valence-corrected chi connectivity index (χ4v) is 1.65. The van der Waals surface area contributed by atoms with E-state index in [0.717, 1.165) is 18.5 Å². The summed E-state index contributed by atoms with van der Waals surface area (Å²) in [5, 5.41) is 3.27. The summed E-state index contributed by atoms with van der Waals surface area (Å²) in [5.74, 6) is -0.255. The molecular weight excluding hydrogens is 214 g/mol. The minimum absolute atomic E-state index is 0. The highest BCUT2D eigenvalue weighted by Crippen LogP contribution is 2.26. The highest BCUT2D eigenvalue weighted by Gasteiger charge is 2.23. The molecule has 2 rings (SSSR count). The predicted octanol–water partition coefficient (Wildman–Crippen LogP) is 1.93. The summed E-state index contributed by atoms with van der Waals surface area (Å²) < 4.78 is 4.73. The van der Waals surface area contributed by atoms with Gasteiger partial charge < -0.3 is 10.1 Å². The first-order valence-corrected chi connectivity index (χ1v) is 4.73. The molecule has 0 spiro atoms. The van der Waals surface area contributed by atoms with Crippen LogP contribution in [0.1, 0.15) is 28.4 Å². The number of methoxy groups -OCH3 is 1. The van der Waals surface area contributed by atoms with Gasteiger partial charge in [-0.05, 0) is 24.6 Å². The Morgan fingerprint density at radius 2 is 2.13 bits per heavy atom. The van der Waals surface area contributed by atoms with Crippen LogP contribution in [0.25, 0.3) is 0 Å². The lowest BCUT2D eigenvalue weighted by Gasteiger charge is -2.29. The normalized spacial score (nSPS) is 18.6. The molecule has 0 aromatic heterocycles. The molecule has 0 radical (unpaired) electrons. The number of hydrogen-bond donors (Lipinski definition) is 1. The van der Waals surface area contributed by atoms with Crippen molar-refractivity contribution in [3.8, 4) is 0 Å². The summed E-state index contributed by atoms with van der Waals surface area (Å²) in [6.07, 6.45) is 1.09. The molecule has 1 N–H and O–H groups in total. The first-order valence-electron chi connectivity index (χ1n) is 4.73. The van der Waals surface area contributed by atoms with Crippen LogP contribution in [0.5, 0.6) is 0 Å². The Bertz CT molecular complexity index is 350. The molecule has 1 atom stereocenters. The van der Waals surface area contributed by atoms with Gasteiger partial charge in [-0.2, -0.15) is 0 Å². The summed E-state index contributed by atoms with van der Waals surface area (Å²) in [4.78, 5) is 11.4. The molecular formula is C11H14ClNO2. The van der Waals surface area contributed by atoms with Gasteiger partial charge in [-0.1, -0.05) is 18.2 Å². The molecule has 1 heterocycles. The zero-order valence-corrected chi connectivity index (χ0v) is 9.34. The van der Waals surface area contributed by atoms with E-state index in [4.69, 9.17) is 4.74 Å². The largest absolute Gasteiger partial charge is 0.465 e. The number of halogens is 1. The second-order valence-corrected chi connectivity index (χ2v) is 3.37. The van der Waals surface area contributed by atoms with Crippen LogP contribution in [0.15, 0.2) is 24.3 Å². The van der Waals surface area contributed by atoms with Crippen LogP contribution in [0.3, 0.4) is 0 Å². The van der Waals surface area contributed by atoms with E-state index in [0.29, 0.717) is 11.6 Å². The minimum Gasteiger partial charge on any atom is -0.465 e. The molecule has 1 aromatic rings. The van der Waals surface area contributed by atoms with Crippen LogP contribution in [-0.4, -0.2) is 19.6 Å². The van der Waals surface area contributed by atoms with E-state index in [-0.39, 0.29) is 18.4 Å². The molecule has 1 aliphatic heterocycles. The van der Waals surface area contributed by atoms with E-state index in [9.17, 15) is 4.79 Å². The maximum Gasteiger partial charge on any atom is 0.338 e. The van der Waals surface area contributed by atoms with Crippen LogP contribution in [0.4, 0.5) is 0 Å². The van der Waals surface area contributed by atoms with E-state index in [1.807, 2.05) is 18.2 Å². The lowest BCUT2D eigenvalue weighted by Crippen LogP contribution is -2.36. The fraction of sp³-hybridized carbons (Fsp3) is 0.364. The second-order valence-electron chi connectivity index (χ2n) is 3.37. The van der Waals surface area contributed by atoms with Gasteiger partial charge in [0, 0.05) is 6.04 Å². The monoisotopic (exact) mass is 227 g/mol. The van der Waals surface area contributed by atoms with Gasteiger partial charge in [-0.15, -0.1) is 12.4 Å². The molecule has 82 valence electrons. The topological polar surface area (TPSA) is 38.3 Å². The zero-order chi connectivity index (χ0) is 9.97. The number of carbonyl (C=O) groups is 1. The quantitative estimate of drug-likeness (QED) is 0.785. The van der Waals surface area contributed by atoms with Crippen molar-refractivity contribution in [1.29, 1.82) is 0 Å². The fourth-order valence-electron chi connectivity index (χ4n) is 1.65. The summed E-state index contributed by atoms with van der Waals surface area (Å²) >= 11 is 0. The van der Waals surface area contributed by atoms with E-state index < -0.39 is 0 Å². The Hall–Kier alpha value is -1.06. The van der Waals surface area contributed by atoms with Crippen LogP contribution in [-0.2, 0) is 4.74 Å². The van der Waals surface area contributed by atoms with Crippen molar-refractivity contribution in [3.05, 3.63) is 35.4 Å². The Kier molecular flexibility index (Phi) is 4.12.